The number of quaternary nitrogens is 1. The van der Waals surface area contributed by atoms with Gasteiger partial charge in [0.15, 0.2) is 5.69 Å². The number of rotatable bonds is 0. The average Bonchev–Trinajstić information content (AvgIpc) is 2.61. The lowest BCUT2D eigenvalue weighted by Gasteiger charge is -2.24. The molecule has 0 fully saturated rings. The Labute approximate surface area is 87.1 Å². The largest absolute Gasteiger partial charge is 0.601 e. The molecule has 0 saturated carbocycles. The number of hydrogen-bond acceptors (Lipinski definition) is 4. The number of hydrogen-bond donors (Lipinski definition) is 3. The first-order valence-corrected chi connectivity index (χ1v) is 5.05. The quantitative estimate of drug-likeness (QED) is 0.514. The fourth-order valence-electron chi connectivity index (χ4n) is 2.24. The van der Waals surface area contributed by atoms with Gasteiger partial charge in [-0.1, -0.05) is 0 Å². The second-order valence-electron chi connectivity index (χ2n) is 3.95. The third kappa shape index (κ3) is 1.28. The first kappa shape index (κ1) is 8.70. The van der Waals surface area contributed by atoms with Gasteiger partial charge in [0.05, 0.1) is 0 Å². The van der Waals surface area contributed by atoms with Gasteiger partial charge in [-0.2, -0.15) is 0 Å². The van der Waals surface area contributed by atoms with E-state index >= 15 is 0 Å². The minimum Gasteiger partial charge on any atom is -0.601 e. The average molecular weight is 204 g/mol. The van der Waals surface area contributed by atoms with E-state index in [1.165, 1.54) is 17.5 Å². The summed E-state index contributed by atoms with van der Waals surface area (Å²) in [4.78, 5) is 0. The molecule has 1 aromatic rings. The summed E-state index contributed by atoms with van der Waals surface area (Å²) in [7, 11) is 0. The highest BCUT2D eigenvalue weighted by Crippen LogP contribution is 2.30. The molecule has 0 amide bonds. The van der Waals surface area contributed by atoms with Crippen LogP contribution in [0.5, 0.6) is 0 Å². The molecule has 0 saturated heterocycles. The minimum absolute atomic E-state index is 0.186. The lowest BCUT2D eigenvalue weighted by Crippen LogP contribution is -2.98. The number of nitrogens with one attached hydrogen (secondary N) is 2. The van der Waals surface area contributed by atoms with E-state index in [0.29, 0.717) is 5.69 Å². The molecule has 1 unspecified atom stereocenters. The molecule has 1 heterocycles. The van der Waals surface area contributed by atoms with Gasteiger partial charge in [0.1, 0.15) is 5.69 Å². The number of nitrogens with two attached hydrogens (primary N) is 1. The third-order valence-electron chi connectivity index (χ3n) is 2.95. The van der Waals surface area contributed by atoms with E-state index in [-0.39, 0.29) is 11.1 Å². The summed E-state index contributed by atoms with van der Waals surface area (Å²) in [5.41, 5.74) is 9.55. The van der Waals surface area contributed by atoms with Crippen LogP contribution in [-0.4, -0.2) is 5.96 Å². The van der Waals surface area contributed by atoms with Crippen LogP contribution in [0.25, 0.3) is 0 Å². The number of nitrogens with zero attached hydrogens (tertiary/aromatic N) is 1. The Morgan fingerprint density at radius 3 is 2.87 bits per heavy atom. The summed E-state index contributed by atoms with van der Waals surface area (Å²) in [5, 5.41) is 18.0. The fourth-order valence-corrected chi connectivity index (χ4v) is 2.24. The van der Waals surface area contributed by atoms with E-state index in [4.69, 9.17) is 5.73 Å². The Bertz CT molecular complexity index is 455. The molecule has 0 spiro atoms. The van der Waals surface area contributed by atoms with Crippen molar-refractivity contribution in [1.29, 1.82) is 0 Å². The van der Waals surface area contributed by atoms with Gasteiger partial charge in [-0.05, 0) is 41.6 Å². The smallest absolute Gasteiger partial charge is 0.252 e. The van der Waals surface area contributed by atoms with Crippen molar-refractivity contribution in [2.24, 2.45) is 10.8 Å². The predicted molar refractivity (Wildman–Crippen MR) is 57.7 cm³/mol. The molecular weight excluding hydrogens is 192 g/mol. The van der Waals surface area contributed by atoms with Gasteiger partial charge >= 0.3 is 0 Å². The lowest BCUT2D eigenvalue weighted by molar-refractivity contribution is -0.783. The molecule has 0 bridgehead atoms. The number of aryl methyl sites for hydroxylation is 2. The Balaban J connectivity index is 2.13. The molecule has 15 heavy (non-hydrogen) atoms. The molecule has 2 aliphatic rings. The highest BCUT2D eigenvalue weighted by Gasteiger charge is 2.22. The van der Waals surface area contributed by atoms with Gasteiger partial charge in [-0.25, -0.2) is 5.17 Å². The minimum atomic E-state index is -0.240. The normalized spacial score (nSPS) is 22.7. The van der Waals surface area contributed by atoms with Crippen molar-refractivity contribution in [3.05, 3.63) is 28.5 Å². The van der Waals surface area contributed by atoms with Gasteiger partial charge in [-0.3, -0.25) is 0 Å². The van der Waals surface area contributed by atoms with E-state index < -0.39 is 0 Å². The summed E-state index contributed by atoms with van der Waals surface area (Å²) in [5.74, 6) is 0.186. The standard InChI is InChI=1S/C10H12N4O/c11-10-12-8-4-6-2-1-3-7(6)5-9(8)14(15)13-10/h4-5,14H,1-3H2,(H3,11,12,13). The van der Waals surface area contributed by atoms with Crippen molar-refractivity contribution in [2.75, 3.05) is 5.32 Å². The van der Waals surface area contributed by atoms with Crippen LogP contribution in [0.2, 0.25) is 0 Å². The summed E-state index contributed by atoms with van der Waals surface area (Å²) < 4.78 is 0. The maximum absolute atomic E-state index is 11.6. The van der Waals surface area contributed by atoms with Crippen LogP contribution < -0.4 is 16.2 Å². The maximum atomic E-state index is 11.6. The SMILES string of the molecule is NC1=N[NH+]([O-])c2cc3c(cc2N1)CCC3. The van der Waals surface area contributed by atoms with Crippen LogP contribution in [0.3, 0.4) is 0 Å². The number of fused-ring (bicyclic) bond motifs is 2. The summed E-state index contributed by atoms with van der Waals surface area (Å²) >= 11 is 0. The van der Waals surface area contributed by atoms with Crippen molar-refractivity contribution in [3.8, 4) is 0 Å². The van der Waals surface area contributed by atoms with Crippen molar-refractivity contribution in [2.45, 2.75) is 19.3 Å². The molecule has 1 atom stereocenters. The number of benzene rings is 1. The van der Waals surface area contributed by atoms with Gasteiger partial charge in [0.2, 0.25) is 0 Å². The second-order valence-corrected chi connectivity index (χ2v) is 3.95. The van der Waals surface area contributed by atoms with E-state index in [1.54, 1.807) is 0 Å². The van der Waals surface area contributed by atoms with Crippen LogP contribution in [0.15, 0.2) is 17.2 Å². The van der Waals surface area contributed by atoms with Crippen LogP contribution in [0, 0.1) is 5.21 Å². The summed E-state index contributed by atoms with van der Waals surface area (Å²) in [6.07, 6.45) is 3.33. The van der Waals surface area contributed by atoms with Crippen LogP contribution in [0.1, 0.15) is 17.5 Å². The van der Waals surface area contributed by atoms with Crippen LogP contribution in [0.4, 0.5) is 11.4 Å². The molecular formula is C10H12N4O. The van der Waals surface area contributed by atoms with Crippen LogP contribution >= 0.6 is 0 Å². The van der Waals surface area contributed by atoms with E-state index in [9.17, 15) is 5.21 Å². The first-order valence-electron chi connectivity index (χ1n) is 5.05. The van der Waals surface area contributed by atoms with Crippen molar-refractivity contribution in [3.63, 3.8) is 0 Å². The highest BCUT2D eigenvalue weighted by molar-refractivity contribution is 5.95. The Morgan fingerprint density at radius 2 is 2.07 bits per heavy atom. The Morgan fingerprint density at radius 1 is 1.33 bits per heavy atom. The lowest BCUT2D eigenvalue weighted by atomic mass is 10.1. The predicted octanol–water partition coefficient (Wildman–Crippen LogP) is -0.155. The molecule has 5 nitrogen and oxygen atoms in total. The van der Waals surface area contributed by atoms with Gasteiger partial charge in [0.25, 0.3) is 5.96 Å². The van der Waals surface area contributed by atoms with E-state index in [1.807, 2.05) is 12.1 Å². The maximum Gasteiger partial charge on any atom is 0.252 e. The van der Waals surface area contributed by atoms with Crippen molar-refractivity contribution >= 4 is 17.3 Å². The molecule has 1 aromatic carbocycles. The fraction of sp³-hybridized carbons (Fsp3) is 0.300. The zero-order chi connectivity index (χ0) is 10.4. The molecule has 0 aromatic heterocycles. The summed E-state index contributed by atoms with van der Waals surface area (Å²) in [6.45, 7) is 0. The summed E-state index contributed by atoms with van der Waals surface area (Å²) in [6, 6.07) is 3.97. The number of anilines is 1. The third-order valence-corrected chi connectivity index (χ3v) is 2.95. The van der Waals surface area contributed by atoms with Gasteiger partial charge in [-0.15, -0.1) is 0 Å². The first-order chi connectivity index (χ1) is 7.24. The van der Waals surface area contributed by atoms with E-state index in [0.717, 1.165) is 18.5 Å². The molecule has 1 aliphatic heterocycles. The second kappa shape index (κ2) is 2.95. The zero-order valence-corrected chi connectivity index (χ0v) is 8.21. The molecule has 1 aliphatic carbocycles. The Kier molecular flexibility index (Phi) is 1.71. The number of guanidine groups is 1. The van der Waals surface area contributed by atoms with E-state index in [2.05, 4.69) is 10.4 Å². The molecule has 4 N–H and O–H groups in total. The van der Waals surface area contributed by atoms with Crippen molar-refractivity contribution < 1.29 is 5.17 Å². The highest BCUT2D eigenvalue weighted by atomic mass is 16.5. The molecule has 78 valence electrons. The van der Waals surface area contributed by atoms with Gasteiger partial charge < -0.3 is 16.3 Å². The molecule has 0 radical (unpaired) electrons. The van der Waals surface area contributed by atoms with Crippen molar-refractivity contribution in [1.82, 2.24) is 0 Å². The topological polar surface area (TPSA) is 77.9 Å². The molecule has 3 rings (SSSR count). The monoisotopic (exact) mass is 204 g/mol. The Hall–Kier alpha value is -1.59. The van der Waals surface area contributed by atoms with Crippen LogP contribution in [-0.2, 0) is 12.8 Å². The zero-order valence-electron chi connectivity index (χ0n) is 8.21. The molecule has 5 heteroatoms. The van der Waals surface area contributed by atoms with Gasteiger partial charge in [0, 0.05) is 6.07 Å².